The molecule has 0 radical (unpaired) electrons. The zero-order chi connectivity index (χ0) is 18.2. The summed E-state index contributed by atoms with van der Waals surface area (Å²) in [4.78, 5) is 27.1. The summed E-state index contributed by atoms with van der Waals surface area (Å²) < 4.78 is 13.1. The average Bonchev–Trinajstić information content (AvgIpc) is 2.58. The van der Waals surface area contributed by atoms with Crippen LogP contribution in [0.25, 0.3) is 0 Å². The van der Waals surface area contributed by atoms with Gasteiger partial charge in [-0.1, -0.05) is 13.0 Å². The van der Waals surface area contributed by atoms with E-state index in [-0.39, 0.29) is 30.7 Å². The van der Waals surface area contributed by atoms with E-state index in [9.17, 15) is 14.0 Å². The van der Waals surface area contributed by atoms with E-state index in [1.54, 1.807) is 12.1 Å². The van der Waals surface area contributed by atoms with Gasteiger partial charge in [0.15, 0.2) is 0 Å². The van der Waals surface area contributed by atoms with Crippen molar-refractivity contribution in [2.45, 2.75) is 32.2 Å². The third-order valence-corrected chi connectivity index (χ3v) is 4.58. The molecule has 1 saturated heterocycles. The van der Waals surface area contributed by atoms with Gasteiger partial charge >= 0.3 is 5.97 Å². The lowest BCUT2D eigenvalue weighted by molar-refractivity contribution is -0.139. The van der Waals surface area contributed by atoms with Crippen LogP contribution in [-0.4, -0.2) is 65.5 Å². The standard InChI is InChI=1S/C18H26FN3O3.ClH/c1-2-22(13-18(24)25)16-6-9-21(10-7-16)11-8-17(23)20-15-5-3-4-14(19)12-15;/h3-5,12,16H,2,6-11,13H2,1H3,(H,20,23)(H,24,25);1H. The Morgan fingerprint density at radius 3 is 2.62 bits per heavy atom. The Bertz CT molecular complexity index is 595. The van der Waals surface area contributed by atoms with Gasteiger partial charge in [0.1, 0.15) is 5.82 Å². The van der Waals surface area contributed by atoms with Crippen LogP contribution in [0.4, 0.5) is 10.1 Å². The Morgan fingerprint density at radius 2 is 2.04 bits per heavy atom. The van der Waals surface area contributed by atoms with Crippen molar-refractivity contribution in [2.75, 3.05) is 38.0 Å². The molecule has 1 fully saturated rings. The second-order valence-electron chi connectivity index (χ2n) is 6.34. The minimum Gasteiger partial charge on any atom is -0.480 e. The number of likely N-dealkylation sites (N-methyl/N-ethyl adjacent to an activating group) is 1. The van der Waals surface area contributed by atoms with Gasteiger partial charge in [0.2, 0.25) is 5.91 Å². The Balaban J connectivity index is 0.00000338. The van der Waals surface area contributed by atoms with Crippen LogP contribution in [0.1, 0.15) is 26.2 Å². The number of aliphatic carboxylic acids is 1. The summed E-state index contributed by atoms with van der Waals surface area (Å²) in [6, 6.07) is 6.15. The fourth-order valence-corrected chi connectivity index (χ4v) is 3.23. The number of piperidine rings is 1. The van der Waals surface area contributed by atoms with Crippen LogP contribution in [0.3, 0.4) is 0 Å². The van der Waals surface area contributed by atoms with Gasteiger partial charge in [-0.05, 0) is 50.7 Å². The van der Waals surface area contributed by atoms with Crippen LogP contribution in [0.2, 0.25) is 0 Å². The highest BCUT2D eigenvalue weighted by Crippen LogP contribution is 2.17. The van der Waals surface area contributed by atoms with Crippen molar-refractivity contribution in [3.05, 3.63) is 30.1 Å². The number of amides is 1. The molecule has 0 aromatic heterocycles. The molecule has 0 unspecified atom stereocenters. The molecule has 1 aliphatic heterocycles. The number of carbonyl (C=O) groups is 2. The second kappa shape index (κ2) is 11.1. The van der Waals surface area contributed by atoms with Crippen molar-refractivity contribution in [2.24, 2.45) is 0 Å². The number of carboxylic acids is 1. The third-order valence-electron chi connectivity index (χ3n) is 4.58. The number of rotatable bonds is 8. The van der Waals surface area contributed by atoms with Crippen molar-refractivity contribution in [1.82, 2.24) is 9.80 Å². The topological polar surface area (TPSA) is 72.9 Å². The van der Waals surface area contributed by atoms with Gasteiger partial charge in [0.05, 0.1) is 6.54 Å². The van der Waals surface area contributed by atoms with Gasteiger partial charge in [-0.2, -0.15) is 0 Å². The SMILES string of the molecule is CCN(CC(=O)O)C1CCN(CCC(=O)Nc2cccc(F)c2)CC1.Cl. The number of anilines is 1. The molecule has 0 bridgehead atoms. The molecule has 0 atom stereocenters. The van der Waals surface area contributed by atoms with Gasteiger partial charge in [-0.15, -0.1) is 12.4 Å². The van der Waals surface area contributed by atoms with E-state index in [0.29, 0.717) is 24.7 Å². The molecule has 1 heterocycles. The maximum Gasteiger partial charge on any atom is 0.317 e. The minimum atomic E-state index is -0.793. The summed E-state index contributed by atoms with van der Waals surface area (Å²) in [5.41, 5.74) is 0.468. The number of likely N-dealkylation sites (tertiary alicyclic amines) is 1. The van der Waals surface area contributed by atoms with E-state index in [4.69, 9.17) is 5.11 Å². The van der Waals surface area contributed by atoms with Gasteiger partial charge in [0, 0.05) is 24.7 Å². The maximum atomic E-state index is 13.1. The van der Waals surface area contributed by atoms with Crippen LogP contribution in [0.5, 0.6) is 0 Å². The smallest absolute Gasteiger partial charge is 0.317 e. The Morgan fingerprint density at radius 1 is 1.35 bits per heavy atom. The van der Waals surface area contributed by atoms with Crippen LogP contribution in [-0.2, 0) is 9.59 Å². The van der Waals surface area contributed by atoms with Crippen molar-refractivity contribution in [3.63, 3.8) is 0 Å². The average molecular weight is 388 g/mol. The second-order valence-corrected chi connectivity index (χ2v) is 6.34. The van der Waals surface area contributed by atoms with Crippen molar-refractivity contribution in [3.8, 4) is 0 Å². The first-order chi connectivity index (χ1) is 12.0. The molecular formula is C18H27ClFN3O3. The number of nitrogens with one attached hydrogen (secondary N) is 1. The first-order valence-corrected chi connectivity index (χ1v) is 8.71. The van der Waals surface area contributed by atoms with Crippen LogP contribution >= 0.6 is 12.4 Å². The highest BCUT2D eigenvalue weighted by molar-refractivity contribution is 5.90. The number of carboxylic acid groups (broad SMARTS) is 1. The molecule has 1 amide bonds. The van der Waals surface area contributed by atoms with Gasteiger partial charge in [-0.25, -0.2) is 4.39 Å². The summed E-state index contributed by atoms with van der Waals surface area (Å²) in [7, 11) is 0. The van der Waals surface area contributed by atoms with E-state index in [1.807, 2.05) is 11.8 Å². The molecule has 2 rings (SSSR count). The van der Waals surface area contributed by atoms with Gasteiger partial charge in [0.25, 0.3) is 0 Å². The summed E-state index contributed by atoms with van der Waals surface area (Å²) in [5, 5.41) is 11.7. The van der Waals surface area contributed by atoms with Crippen LogP contribution in [0, 0.1) is 5.82 Å². The molecule has 6 nitrogen and oxygen atoms in total. The van der Waals surface area contributed by atoms with E-state index in [1.165, 1.54) is 12.1 Å². The normalized spacial score (nSPS) is 15.5. The fourth-order valence-electron chi connectivity index (χ4n) is 3.23. The van der Waals surface area contributed by atoms with Crippen molar-refractivity contribution < 1.29 is 19.1 Å². The largest absolute Gasteiger partial charge is 0.480 e. The highest BCUT2D eigenvalue weighted by Gasteiger charge is 2.25. The molecule has 146 valence electrons. The number of nitrogens with zero attached hydrogens (tertiary/aromatic N) is 2. The number of carbonyl (C=O) groups excluding carboxylic acids is 1. The summed E-state index contributed by atoms with van der Waals surface area (Å²) in [5.74, 6) is -1.30. The number of hydrogen-bond acceptors (Lipinski definition) is 4. The van der Waals surface area contributed by atoms with Crippen LogP contribution < -0.4 is 5.32 Å². The number of benzene rings is 1. The predicted molar refractivity (Wildman–Crippen MR) is 101 cm³/mol. The summed E-state index contributed by atoms with van der Waals surface area (Å²) in [6.45, 7) is 5.15. The van der Waals surface area contributed by atoms with E-state index in [2.05, 4.69) is 10.2 Å². The number of hydrogen-bond donors (Lipinski definition) is 2. The zero-order valence-corrected chi connectivity index (χ0v) is 15.8. The number of halogens is 2. The van der Waals surface area contributed by atoms with E-state index < -0.39 is 5.97 Å². The molecule has 26 heavy (non-hydrogen) atoms. The third kappa shape index (κ3) is 7.27. The lowest BCUT2D eigenvalue weighted by Gasteiger charge is -2.37. The predicted octanol–water partition coefficient (Wildman–Crippen LogP) is 2.45. The van der Waals surface area contributed by atoms with Crippen LogP contribution in [0.15, 0.2) is 24.3 Å². The first-order valence-electron chi connectivity index (χ1n) is 8.71. The Hall–Kier alpha value is -1.70. The van der Waals surface area contributed by atoms with Crippen molar-refractivity contribution in [1.29, 1.82) is 0 Å². The lowest BCUT2D eigenvalue weighted by Crippen LogP contribution is -2.47. The monoisotopic (exact) mass is 387 g/mol. The molecule has 0 spiro atoms. The quantitative estimate of drug-likeness (QED) is 0.716. The molecule has 1 aromatic carbocycles. The molecule has 0 aliphatic carbocycles. The summed E-state index contributed by atoms with van der Waals surface area (Å²) >= 11 is 0. The first kappa shape index (κ1) is 22.3. The highest BCUT2D eigenvalue weighted by atomic mass is 35.5. The molecule has 2 N–H and O–H groups in total. The maximum absolute atomic E-state index is 13.1. The molecule has 8 heteroatoms. The molecular weight excluding hydrogens is 361 g/mol. The minimum absolute atomic E-state index is 0. The van der Waals surface area contributed by atoms with Gasteiger partial charge < -0.3 is 15.3 Å². The molecule has 1 aliphatic rings. The van der Waals surface area contributed by atoms with E-state index >= 15 is 0 Å². The fraction of sp³-hybridized carbons (Fsp3) is 0.556. The van der Waals surface area contributed by atoms with Gasteiger partial charge in [-0.3, -0.25) is 14.5 Å². The Kier molecular flexibility index (Phi) is 9.54. The lowest BCUT2D eigenvalue weighted by atomic mass is 10.0. The molecule has 1 aromatic rings. The summed E-state index contributed by atoms with van der Waals surface area (Å²) in [6.07, 6.45) is 2.17. The van der Waals surface area contributed by atoms with E-state index in [0.717, 1.165) is 32.5 Å². The zero-order valence-electron chi connectivity index (χ0n) is 15.0. The Labute approximate surface area is 159 Å². The molecule has 0 saturated carbocycles. The van der Waals surface area contributed by atoms with Crippen molar-refractivity contribution >= 4 is 30.0 Å².